The number of rotatable bonds is 3. The number of hydrogen-bond donors (Lipinski definition) is 2. The van der Waals surface area contributed by atoms with Gasteiger partial charge in [-0.25, -0.2) is 4.39 Å². The summed E-state index contributed by atoms with van der Waals surface area (Å²) in [6.45, 7) is -0.565. The van der Waals surface area contributed by atoms with Crippen LogP contribution in [0.25, 0.3) is 0 Å². The molecule has 0 saturated heterocycles. The van der Waals surface area contributed by atoms with E-state index in [1.807, 2.05) is 0 Å². The van der Waals surface area contributed by atoms with Crippen LogP contribution >= 0.6 is 11.6 Å². The molecule has 1 heterocycles. The zero-order valence-corrected chi connectivity index (χ0v) is 12.8. The molecule has 0 bridgehead atoms. The number of anilines is 1. The summed E-state index contributed by atoms with van der Waals surface area (Å²) in [5, 5.41) is 11.3. The van der Waals surface area contributed by atoms with Crippen molar-refractivity contribution in [2.75, 3.05) is 11.9 Å². The Morgan fingerprint density at radius 3 is 2.33 bits per heavy atom. The minimum Gasteiger partial charge on any atom is -0.506 e. The van der Waals surface area contributed by atoms with Gasteiger partial charge >= 0.3 is 0 Å². The largest absolute Gasteiger partial charge is 0.506 e. The number of benzene rings is 2. The molecule has 3 rings (SSSR count). The van der Waals surface area contributed by atoms with E-state index in [4.69, 9.17) is 11.6 Å². The average molecular weight is 349 g/mol. The molecule has 0 fully saturated rings. The smallest absolute Gasteiger partial charge is 0.262 e. The summed E-state index contributed by atoms with van der Waals surface area (Å²) in [4.78, 5) is 37.1. The predicted molar refractivity (Wildman–Crippen MR) is 83.5 cm³/mol. The zero-order valence-electron chi connectivity index (χ0n) is 12.0. The summed E-state index contributed by atoms with van der Waals surface area (Å²) in [7, 11) is 0. The van der Waals surface area contributed by atoms with Gasteiger partial charge in [0.15, 0.2) is 0 Å². The van der Waals surface area contributed by atoms with Crippen LogP contribution in [0.4, 0.5) is 10.1 Å². The van der Waals surface area contributed by atoms with E-state index in [2.05, 4.69) is 5.32 Å². The highest BCUT2D eigenvalue weighted by atomic mass is 35.5. The van der Waals surface area contributed by atoms with Crippen molar-refractivity contribution >= 4 is 35.0 Å². The van der Waals surface area contributed by atoms with Gasteiger partial charge in [0, 0.05) is 6.07 Å². The SMILES string of the molecule is O=C(CN1C(=O)c2ccccc2C1=O)Nc1cc(Cl)c(O)cc1F. The Morgan fingerprint density at radius 2 is 1.75 bits per heavy atom. The number of carbonyl (C=O) groups is 3. The molecular weight excluding hydrogens is 339 g/mol. The Morgan fingerprint density at radius 1 is 1.17 bits per heavy atom. The molecule has 1 aliphatic heterocycles. The van der Waals surface area contributed by atoms with Gasteiger partial charge in [0.05, 0.1) is 21.8 Å². The van der Waals surface area contributed by atoms with Gasteiger partial charge in [-0.05, 0) is 18.2 Å². The predicted octanol–water partition coefficient (Wildman–Crippen LogP) is 2.42. The van der Waals surface area contributed by atoms with Gasteiger partial charge in [0.2, 0.25) is 5.91 Å². The number of halogens is 2. The molecule has 122 valence electrons. The van der Waals surface area contributed by atoms with Crippen LogP contribution < -0.4 is 5.32 Å². The lowest BCUT2D eigenvalue weighted by Gasteiger charge is -2.14. The summed E-state index contributed by atoms with van der Waals surface area (Å²) in [6, 6.07) is 8.00. The Kier molecular flexibility index (Phi) is 3.94. The molecule has 0 radical (unpaired) electrons. The summed E-state index contributed by atoms with van der Waals surface area (Å²) >= 11 is 5.66. The van der Waals surface area contributed by atoms with Gasteiger partial charge in [-0.2, -0.15) is 0 Å². The van der Waals surface area contributed by atoms with Crippen LogP contribution in [0.1, 0.15) is 20.7 Å². The number of phenolic OH excluding ortho intramolecular Hbond substituents is 1. The lowest BCUT2D eigenvalue weighted by molar-refractivity contribution is -0.116. The molecule has 8 heteroatoms. The first-order valence-corrected chi connectivity index (χ1v) is 7.19. The number of fused-ring (bicyclic) bond motifs is 1. The van der Waals surface area contributed by atoms with Crippen molar-refractivity contribution in [2.24, 2.45) is 0 Å². The molecule has 2 N–H and O–H groups in total. The van der Waals surface area contributed by atoms with Crippen LogP contribution in [0.15, 0.2) is 36.4 Å². The van der Waals surface area contributed by atoms with Crippen LogP contribution in [-0.2, 0) is 4.79 Å². The summed E-state index contributed by atoms with van der Waals surface area (Å²) in [5.41, 5.74) is 0.169. The highest BCUT2D eigenvalue weighted by Gasteiger charge is 2.36. The maximum Gasteiger partial charge on any atom is 0.262 e. The van der Waals surface area contributed by atoms with E-state index in [1.54, 1.807) is 12.1 Å². The fourth-order valence-corrected chi connectivity index (χ4v) is 2.51. The Balaban J connectivity index is 1.76. The quantitative estimate of drug-likeness (QED) is 0.659. The van der Waals surface area contributed by atoms with Crippen LogP contribution in [0, 0.1) is 5.82 Å². The third-order valence-corrected chi connectivity index (χ3v) is 3.79. The molecule has 2 aromatic rings. The van der Waals surface area contributed by atoms with Gasteiger partial charge < -0.3 is 10.4 Å². The van der Waals surface area contributed by atoms with E-state index in [0.29, 0.717) is 0 Å². The molecule has 0 saturated carbocycles. The van der Waals surface area contributed by atoms with Gasteiger partial charge in [-0.15, -0.1) is 0 Å². The van der Waals surface area contributed by atoms with Crippen LogP contribution in [-0.4, -0.2) is 34.3 Å². The third-order valence-electron chi connectivity index (χ3n) is 3.49. The Labute approximate surface area is 140 Å². The van der Waals surface area contributed by atoms with Crippen LogP contribution in [0.3, 0.4) is 0 Å². The molecular formula is C16H10ClFN2O4. The zero-order chi connectivity index (χ0) is 17.4. The fraction of sp³-hybridized carbons (Fsp3) is 0.0625. The summed E-state index contributed by atoms with van der Waals surface area (Å²) < 4.78 is 13.7. The number of hydrogen-bond acceptors (Lipinski definition) is 4. The minimum atomic E-state index is -0.896. The molecule has 0 atom stereocenters. The number of amides is 3. The van der Waals surface area contributed by atoms with Crippen molar-refractivity contribution < 1.29 is 23.9 Å². The van der Waals surface area contributed by atoms with Gasteiger partial charge in [-0.3, -0.25) is 19.3 Å². The Hall–Kier alpha value is -2.93. The number of nitrogens with one attached hydrogen (secondary N) is 1. The average Bonchev–Trinajstić information content (AvgIpc) is 2.78. The normalized spacial score (nSPS) is 13.2. The van der Waals surface area contributed by atoms with E-state index in [-0.39, 0.29) is 21.8 Å². The lowest BCUT2D eigenvalue weighted by atomic mass is 10.1. The molecule has 2 aromatic carbocycles. The summed E-state index contributed by atoms with van der Waals surface area (Å²) in [6.07, 6.45) is 0. The van der Waals surface area contributed by atoms with Crippen molar-refractivity contribution in [3.63, 3.8) is 0 Å². The van der Waals surface area contributed by atoms with Crippen molar-refractivity contribution in [3.8, 4) is 5.75 Å². The molecule has 24 heavy (non-hydrogen) atoms. The molecule has 0 aromatic heterocycles. The second kappa shape index (κ2) is 5.93. The second-order valence-electron chi connectivity index (χ2n) is 5.07. The number of phenols is 1. The number of nitrogens with zero attached hydrogens (tertiary/aromatic N) is 1. The van der Waals surface area contributed by atoms with Gasteiger partial charge in [0.25, 0.3) is 11.8 Å². The van der Waals surface area contributed by atoms with E-state index in [1.165, 1.54) is 12.1 Å². The first-order valence-electron chi connectivity index (χ1n) is 6.81. The van der Waals surface area contributed by atoms with E-state index < -0.39 is 35.8 Å². The molecule has 0 spiro atoms. The summed E-state index contributed by atoms with van der Waals surface area (Å²) in [5.74, 6) is -3.31. The highest BCUT2D eigenvalue weighted by molar-refractivity contribution is 6.32. The topological polar surface area (TPSA) is 86.7 Å². The first kappa shape index (κ1) is 15.9. The Bertz CT molecular complexity index is 849. The number of imide groups is 1. The second-order valence-corrected chi connectivity index (χ2v) is 5.48. The van der Waals surface area contributed by atoms with Crippen molar-refractivity contribution in [3.05, 3.63) is 58.4 Å². The highest BCUT2D eigenvalue weighted by Crippen LogP contribution is 2.29. The molecule has 0 aliphatic carbocycles. The van der Waals surface area contributed by atoms with Gasteiger partial charge in [0.1, 0.15) is 18.1 Å². The molecule has 3 amide bonds. The third kappa shape index (κ3) is 2.69. The van der Waals surface area contributed by atoms with E-state index in [0.717, 1.165) is 17.0 Å². The molecule has 1 aliphatic rings. The fourth-order valence-electron chi connectivity index (χ4n) is 2.35. The molecule has 6 nitrogen and oxygen atoms in total. The number of aromatic hydroxyl groups is 1. The van der Waals surface area contributed by atoms with E-state index >= 15 is 0 Å². The minimum absolute atomic E-state index is 0.146. The van der Waals surface area contributed by atoms with Crippen molar-refractivity contribution in [2.45, 2.75) is 0 Å². The van der Waals surface area contributed by atoms with Crippen molar-refractivity contribution in [1.82, 2.24) is 4.90 Å². The molecule has 0 unspecified atom stereocenters. The maximum absolute atomic E-state index is 13.7. The number of carbonyl (C=O) groups excluding carboxylic acids is 3. The van der Waals surface area contributed by atoms with Gasteiger partial charge in [-0.1, -0.05) is 23.7 Å². The van der Waals surface area contributed by atoms with E-state index in [9.17, 15) is 23.9 Å². The standard InChI is InChI=1S/C16H10ClFN2O4/c17-10-5-12(11(18)6-13(10)21)19-14(22)7-20-15(23)8-3-1-2-4-9(8)16(20)24/h1-6,21H,7H2,(H,19,22). The lowest BCUT2D eigenvalue weighted by Crippen LogP contribution is -2.37. The maximum atomic E-state index is 13.7. The monoisotopic (exact) mass is 348 g/mol. The van der Waals surface area contributed by atoms with Crippen LogP contribution in [0.2, 0.25) is 5.02 Å². The van der Waals surface area contributed by atoms with Crippen LogP contribution in [0.5, 0.6) is 5.75 Å². The first-order chi connectivity index (χ1) is 11.4. The van der Waals surface area contributed by atoms with Crippen molar-refractivity contribution in [1.29, 1.82) is 0 Å².